The fourth-order valence-electron chi connectivity index (χ4n) is 3.12. The second-order valence-corrected chi connectivity index (χ2v) is 5.62. The molecule has 2 aromatic rings. The molecule has 0 saturated carbocycles. The summed E-state index contributed by atoms with van der Waals surface area (Å²) in [4.78, 5) is 0. The Kier molecular flexibility index (Phi) is 8.83. The van der Waals surface area contributed by atoms with Gasteiger partial charge in [0.15, 0.2) is 0 Å². The zero-order valence-electron chi connectivity index (χ0n) is 13.6. The molecule has 0 bridgehead atoms. The van der Waals surface area contributed by atoms with Gasteiger partial charge in [-0.25, -0.2) is 0 Å². The first-order chi connectivity index (χ1) is 9.59. The van der Waals surface area contributed by atoms with Gasteiger partial charge in [0, 0.05) is 21.7 Å². The Bertz CT molecular complexity index is 748. The van der Waals surface area contributed by atoms with Crippen LogP contribution in [0.25, 0.3) is 16.3 Å². The molecular weight excluding hydrogens is 363 g/mol. The van der Waals surface area contributed by atoms with Gasteiger partial charge in [-0.15, -0.1) is 24.8 Å². The Balaban J connectivity index is 0.00000161. The largest absolute Gasteiger partial charge is 0.389 e. The molecule has 0 aromatic heterocycles. The number of aliphatic hydroxyl groups excluding tert-OH is 1. The van der Waals surface area contributed by atoms with Gasteiger partial charge in [0.2, 0.25) is 0 Å². The SMILES string of the molecule is CC1=CCC(c2ccc3ccccc3c2C(C)O)=C1C.Cl.Cl.[Ti]. The number of rotatable bonds is 2. The van der Waals surface area contributed by atoms with Crippen LogP contribution in [0.1, 0.15) is 44.4 Å². The zero-order chi connectivity index (χ0) is 14.3. The van der Waals surface area contributed by atoms with E-state index in [1.807, 2.05) is 19.1 Å². The Morgan fingerprint density at radius 3 is 2.22 bits per heavy atom. The summed E-state index contributed by atoms with van der Waals surface area (Å²) in [5.41, 5.74) is 6.31. The van der Waals surface area contributed by atoms with Crippen LogP contribution in [-0.2, 0) is 21.7 Å². The van der Waals surface area contributed by atoms with Crippen LogP contribution < -0.4 is 0 Å². The van der Waals surface area contributed by atoms with Crippen LogP contribution in [0, 0.1) is 0 Å². The van der Waals surface area contributed by atoms with E-state index >= 15 is 0 Å². The van der Waals surface area contributed by atoms with E-state index in [0.29, 0.717) is 0 Å². The van der Waals surface area contributed by atoms with Gasteiger partial charge in [-0.05, 0) is 60.2 Å². The monoisotopic (exact) mass is 384 g/mol. The van der Waals surface area contributed by atoms with Crippen molar-refractivity contribution in [3.8, 4) is 0 Å². The smallest absolute Gasteiger partial charge is 0.0773 e. The summed E-state index contributed by atoms with van der Waals surface area (Å²) in [5, 5.41) is 12.6. The molecule has 1 unspecified atom stereocenters. The average Bonchev–Trinajstić information content (AvgIpc) is 2.77. The average molecular weight is 385 g/mol. The molecule has 4 heteroatoms. The van der Waals surface area contributed by atoms with E-state index in [2.05, 4.69) is 44.2 Å². The molecule has 0 aliphatic heterocycles. The predicted molar refractivity (Wildman–Crippen MR) is 100 cm³/mol. The molecule has 0 amide bonds. The van der Waals surface area contributed by atoms with E-state index in [4.69, 9.17) is 0 Å². The van der Waals surface area contributed by atoms with Crippen molar-refractivity contribution >= 4 is 41.2 Å². The number of aliphatic hydroxyl groups is 1. The minimum absolute atomic E-state index is 0. The van der Waals surface area contributed by atoms with Crippen molar-refractivity contribution in [2.75, 3.05) is 0 Å². The van der Waals surface area contributed by atoms with Crippen LogP contribution in [0.3, 0.4) is 0 Å². The molecule has 122 valence electrons. The second kappa shape index (κ2) is 9.06. The number of fused-ring (bicyclic) bond motifs is 1. The standard InChI is InChI=1S/C19H20O.2ClH.Ti/c1-12-8-10-16(13(12)2)18-11-9-15-6-4-5-7-17(15)19(18)14(3)20;;;/h4-9,11,14,20H,10H2,1-3H3;2*1H;. The number of hydrogen-bond donors (Lipinski definition) is 1. The molecule has 0 heterocycles. The molecule has 1 N–H and O–H groups in total. The maximum absolute atomic E-state index is 10.3. The van der Waals surface area contributed by atoms with Gasteiger partial charge in [0.1, 0.15) is 0 Å². The first-order valence-corrected chi connectivity index (χ1v) is 7.16. The van der Waals surface area contributed by atoms with Crippen LogP contribution in [0.15, 0.2) is 53.6 Å². The third-order valence-electron chi connectivity index (χ3n) is 4.37. The van der Waals surface area contributed by atoms with E-state index < -0.39 is 6.10 Å². The van der Waals surface area contributed by atoms with Crippen molar-refractivity contribution in [2.24, 2.45) is 0 Å². The number of allylic oxidation sites excluding steroid dienone is 4. The summed E-state index contributed by atoms with van der Waals surface area (Å²) in [5.74, 6) is 0. The van der Waals surface area contributed by atoms with Gasteiger partial charge >= 0.3 is 0 Å². The maximum Gasteiger partial charge on any atom is 0.0773 e. The van der Waals surface area contributed by atoms with Crippen LogP contribution in [-0.4, -0.2) is 5.11 Å². The van der Waals surface area contributed by atoms with Gasteiger partial charge < -0.3 is 5.11 Å². The van der Waals surface area contributed by atoms with Crippen LogP contribution in [0.4, 0.5) is 0 Å². The molecule has 0 radical (unpaired) electrons. The quantitative estimate of drug-likeness (QED) is 0.643. The number of hydrogen-bond acceptors (Lipinski definition) is 1. The van der Waals surface area contributed by atoms with Crippen LogP contribution >= 0.6 is 24.8 Å². The normalized spacial score (nSPS) is 14.5. The van der Waals surface area contributed by atoms with Crippen LogP contribution in [0.2, 0.25) is 0 Å². The molecular formula is C19H22Cl2OTi. The van der Waals surface area contributed by atoms with E-state index in [9.17, 15) is 5.11 Å². The van der Waals surface area contributed by atoms with Gasteiger partial charge in [0.25, 0.3) is 0 Å². The molecule has 1 aliphatic rings. The first kappa shape index (κ1) is 22.4. The fourth-order valence-corrected chi connectivity index (χ4v) is 3.12. The maximum atomic E-state index is 10.3. The van der Waals surface area contributed by atoms with E-state index in [0.717, 1.165) is 17.4 Å². The minimum Gasteiger partial charge on any atom is -0.389 e. The topological polar surface area (TPSA) is 20.2 Å². The molecule has 2 aromatic carbocycles. The van der Waals surface area contributed by atoms with Crippen molar-refractivity contribution in [3.63, 3.8) is 0 Å². The summed E-state index contributed by atoms with van der Waals surface area (Å²) in [7, 11) is 0. The Morgan fingerprint density at radius 2 is 1.65 bits per heavy atom. The summed E-state index contributed by atoms with van der Waals surface area (Å²) in [6.07, 6.45) is 2.78. The fraction of sp³-hybridized carbons (Fsp3) is 0.263. The van der Waals surface area contributed by atoms with Crippen molar-refractivity contribution in [3.05, 3.63) is 64.7 Å². The molecule has 0 fully saturated rings. The van der Waals surface area contributed by atoms with Crippen molar-refractivity contribution < 1.29 is 26.8 Å². The van der Waals surface area contributed by atoms with E-state index in [1.165, 1.54) is 27.7 Å². The van der Waals surface area contributed by atoms with E-state index in [-0.39, 0.29) is 46.5 Å². The zero-order valence-corrected chi connectivity index (χ0v) is 16.8. The third kappa shape index (κ3) is 4.10. The first-order valence-electron chi connectivity index (χ1n) is 7.16. The van der Waals surface area contributed by atoms with Crippen molar-refractivity contribution in [2.45, 2.75) is 33.3 Å². The summed E-state index contributed by atoms with van der Waals surface area (Å²) in [6.45, 7) is 6.19. The molecule has 23 heavy (non-hydrogen) atoms. The van der Waals surface area contributed by atoms with Gasteiger partial charge in [-0.1, -0.05) is 48.0 Å². The van der Waals surface area contributed by atoms with E-state index in [1.54, 1.807) is 0 Å². The number of benzene rings is 2. The Hall–Kier alpha value is -0.566. The third-order valence-corrected chi connectivity index (χ3v) is 4.37. The summed E-state index contributed by atoms with van der Waals surface area (Å²) in [6, 6.07) is 12.6. The van der Waals surface area contributed by atoms with Gasteiger partial charge in [0.05, 0.1) is 6.10 Å². The molecule has 1 aliphatic carbocycles. The Morgan fingerprint density at radius 1 is 1.00 bits per heavy atom. The van der Waals surface area contributed by atoms with Gasteiger partial charge in [-0.2, -0.15) is 0 Å². The molecule has 0 spiro atoms. The van der Waals surface area contributed by atoms with Crippen molar-refractivity contribution in [1.82, 2.24) is 0 Å². The molecule has 1 nitrogen and oxygen atoms in total. The Labute approximate surface area is 165 Å². The van der Waals surface area contributed by atoms with Crippen molar-refractivity contribution in [1.29, 1.82) is 0 Å². The predicted octanol–water partition coefficient (Wildman–Crippen LogP) is 5.86. The summed E-state index contributed by atoms with van der Waals surface area (Å²) < 4.78 is 0. The van der Waals surface area contributed by atoms with Gasteiger partial charge in [-0.3, -0.25) is 0 Å². The minimum atomic E-state index is -0.461. The number of halogens is 2. The summed E-state index contributed by atoms with van der Waals surface area (Å²) >= 11 is 0. The molecule has 0 saturated heterocycles. The molecule has 3 rings (SSSR count). The van der Waals surface area contributed by atoms with Crippen LogP contribution in [0.5, 0.6) is 0 Å². The molecule has 1 atom stereocenters. The second-order valence-electron chi connectivity index (χ2n) is 5.62.